The Hall–Kier alpha value is -1.42. The molecule has 0 N–H and O–H groups in total. The lowest BCUT2D eigenvalue weighted by atomic mass is 10.1. The third kappa shape index (κ3) is 1.69. The minimum Gasteiger partial charge on any atom is -0.362 e. The van der Waals surface area contributed by atoms with Gasteiger partial charge in [-0.1, -0.05) is 0 Å². The maximum absolute atomic E-state index is 13.4. The van der Waals surface area contributed by atoms with Crippen molar-refractivity contribution in [1.82, 2.24) is 9.97 Å². The Labute approximate surface area is 97.9 Å². The van der Waals surface area contributed by atoms with Crippen LogP contribution >= 0.6 is 11.6 Å². The summed E-state index contributed by atoms with van der Waals surface area (Å²) in [6.45, 7) is 1.68. The largest absolute Gasteiger partial charge is 0.362 e. The lowest BCUT2D eigenvalue weighted by molar-refractivity contribution is 0.620. The summed E-state index contributed by atoms with van der Waals surface area (Å²) in [6, 6.07) is 3.09. The average molecular weight is 240 g/mol. The molecule has 0 saturated heterocycles. The molecule has 5 heteroatoms. The van der Waals surface area contributed by atoms with E-state index in [9.17, 15) is 4.39 Å². The Kier molecular flexibility index (Phi) is 2.68. The van der Waals surface area contributed by atoms with Gasteiger partial charge in [-0.25, -0.2) is 9.37 Å². The predicted octanol–water partition coefficient (Wildman–Crippen LogP) is 2.80. The van der Waals surface area contributed by atoms with Gasteiger partial charge in [-0.2, -0.15) is 4.98 Å². The first-order valence-electron chi connectivity index (χ1n) is 4.80. The van der Waals surface area contributed by atoms with Gasteiger partial charge >= 0.3 is 0 Å². The van der Waals surface area contributed by atoms with Crippen LogP contribution in [0.4, 0.5) is 10.2 Å². The molecule has 3 nitrogen and oxygen atoms in total. The Morgan fingerprint density at radius 1 is 1.25 bits per heavy atom. The molecular weight excluding hydrogens is 229 g/mol. The molecule has 1 aromatic heterocycles. The number of anilines is 1. The number of aromatic nitrogens is 2. The quantitative estimate of drug-likeness (QED) is 0.717. The number of nitrogens with zero attached hydrogens (tertiary/aromatic N) is 3. The highest BCUT2D eigenvalue weighted by Crippen LogP contribution is 2.27. The maximum atomic E-state index is 13.4. The van der Waals surface area contributed by atoms with Crippen LogP contribution in [0.2, 0.25) is 5.28 Å². The van der Waals surface area contributed by atoms with Gasteiger partial charge in [0, 0.05) is 25.0 Å². The number of hydrogen-bond acceptors (Lipinski definition) is 3. The van der Waals surface area contributed by atoms with Crippen molar-refractivity contribution in [2.24, 2.45) is 0 Å². The van der Waals surface area contributed by atoms with Crippen molar-refractivity contribution in [2.45, 2.75) is 6.92 Å². The fraction of sp³-hybridized carbons (Fsp3) is 0.273. The van der Waals surface area contributed by atoms with Crippen molar-refractivity contribution in [2.75, 3.05) is 19.0 Å². The molecule has 2 rings (SSSR count). The summed E-state index contributed by atoms with van der Waals surface area (Å²) in [5, 5.41) is 0.929. The lowest BCUT2D eigenvalue weighted by Gasteiger charge is -2.14. The summed E-state index contributed by atoms with van der Waals surface area (Å²) >= 11 is 5.82. The van der Waals surface area contributed by atoms with Crippen LogP contribution in [0.5, 0.6) is 0 Å². The lowest BCUT2D eigenvalue weighted by Crippen LogP contribution is -2.12. The fourth-order valence-corrected chi connectivity index (χ4v) is 1.77. The second kappa shape index (κ2) is 3.87. The van der Waals surface area contributed by atoms with Crippen molar-refractivity contribution in [1.29, 1.82) is 0 Å². The molecule has 0 aliphatic carbocycles. The summed E-state index contributed by atoms with van der Waals surface area (Å²) < 4.78 is 13.4. The van der Waals surface area contributed by atoms with E-state index < -0.39 is 0 Å². The highest BCUT2D eigenvalue weighted by atomic mass is 35.5. The standard InChI is InChI=1S/C11H11ClFN3/c1-6-8(13)5-4-7-9(6)14-11(12)15-10(7)16(2)3/h4-5H,1-3H3. The van der Waals surface area contributed by atoms with E-state index in [0.29, 0.717) is 16.9 Å². The Morgan fingerprint density at radius 2 is 1.94 bits per heavy atom. The van der Waals surface area contributed by atoms with Crippen LogP contribution in [-0.2, 0) is 0 Å². The van der Waals surface area contributed by atoms with Crippen LogP contribution in [0.3, 0.4) is 0 Å². The van der Waals surface area contributed by atoms with Gasteiger partial charge in [0.05, 0.1) is 5.52 Å². The molecule has 0 radical (unpaired) electrons. The topological polar surface area (TPSA) is 29.0 Å². The summed E-state index contributed by atoms with van der Waals surface area (Å²) in [4.78, 5) is 10.0. The number of aryl methyl sites for hydroxylation is 1. The molecule has 0 saturated carbocycles. The van der Waals surface area contributed by atoms with Crippen molar-refractivity contribution in [3.8, 4) is 0 Å². The minimum atomic E-state index is -0.285. The highest BCUT2D eigenvalue weighted by Gasteiger charge is 2.12. The minimum absolute atomic E-state index is 0.130. The van der Waals surface area contributed by atoms with Crippen molar-refractivity contribution in [3.63, 3.8) is 0 Å². The normalized spacial score (nSPS) is 10.8. The Morgan fingerprint density at radius 3 is 2.56 bits per heavy atom. The van der Waals surface area contributed by atoms with Crippen molar-refractivity contribution < 1.29 is 4.39 Å². The van der Waals surface area contributed by atoms with Gasteiger partial charge < -0.3 is 4.90 Å². The van der Waals surface area contributed by atoms with Crippen molar-refractivity contribution in [3.05, 3.63) is 28.8 Å². The van der Waals surface area contributed by atoms with Gasteiger partial charge in [-0.3, -0.25) is 0 Å². The molecule has 0 fully saturated rings. The van der Waals surface area contributed by atoms with Gasteiger partial charge in [0.15, 0.2) is 0 Å². The van der Waals surface area contributed by atoms with Gasteiger partial charge in [0.25, 0.3) is 0 Å². The smallest absolute Gasteiger partial charge is 0.224 e. The summed E-state index contributed by atoms with van der Waals surface area (Å²) in [6.07, 6.45) is 0. The van der Waals surface area contributed by atoms with E-state index in [1.54, 1.807) is 13.0 Å². The van der Waals surface area contributed by atoms with Gasteiger partial charge in [0.2, 0.25) is 5.28 Å². The third-order valence-corrected chi connectivity index (χ3v) is 2.60. The first-order chi connectivity index (χ1) is 7.50. The SMILES string of the molecule is Cc1c(F)ccc2c(N(C)C)nc(Cl)nc12. The molecule has 1 aromatic carbocycles. The van der Waals surface area contributed by atoms with E-state index in [1.807, 2.05) is 19.0 Å². The first kappa shape index (κ1) is 11.1. The molecule has 0 aliphatic rings. The molecule has 0 spiro atoms. The molecule has 84 valence electrons. The molecule has 0 atom stereocenters. The zero-order chi connectivity index (χ0) is 11.9. The van der Waals surface area contributed by atoms with Crippen LogP contribution < -0.4 is 4.90 Å². The van der Waals surface area contributed by atoms with E-state index in [-0.39, 0.29) is 11.1 Å². The maximum Gasteiger partial charge on any atom is 0.224 e. The Balaban J connectivity index is 2.89. The molecule has 0 unspecified atom stereocenters. The number of rotatable bonds is 1. The van der Waals surface area contributed by atoms with Gasteiger partial charge in [-0.05, 0) is 30.7 Å². The zero-order valence-corrected chi connectivity index (χ0v) is 10.0. The third-order valence-electron chi connectivity index (χ3n) is 2.43. The highest BCUT2D eigenvalue weighted by molar-refractivity contribution is 6.28. The predicted molar refractivity (Wildman–Crippen MR) is 63.6 cm³/mol. The molecule has 0 amide bonds. The summed E-state index contributed by atoms with van der Waals surface area (Å²) in [5.41, 5.74) is 1.05. The number of halogens is 2. The molecule has 16 heavy (non-hydrogen) atoms. The van der Waals surface area contributed by atoms with Gasteiger partial charge in [-0.15, -0.1) is 0 Å². The van der Waals surface area contributed by atoms with Crippen molar-refractivity contribution >= 4 is 28.3 Å². The number of fused-ring (bicyclic) bond motifs is 1. The van der Waals surface area contributed by atoms with Crippen LogP contribution in [0.1, 0.15) is 5.56 Å². The van der Waals surface area contributed by atoms with Crippen LogP contribution in [0.15, 0.2) is 12.1 Å². The second-order valence-electron chi connectivity index (χ2n) is 3.78. The summed E-state index contributed by atoms with van der Waals surface area (Å²) in [7, 11) is 3.72. The van der Waals surface area contributed by atoms with Crippen LogP contribution in [-0.4, -0.2) is 24.1 Å². The first-order valence-corrected chi connectivity index (χ1v) is 5.18. The number of hydrogen-bond donors (Lipinski definition) is 0. The van der Waals surface area contributed by atoms with Crippen LogP contribution in [0.25, 0.3) is 10.9 Å². The fourth-order valence-electron chi connectivity index (χ4n) is 1.61. The van der Waals surface area contributed by atoms with Gasteiger partial charge in [0.1, 0.15) is 11.6 Å². The van der Waals surface area contributed by atoms with E-state index in [2.05, 4.69) is 9.97 Å². The Bertz CT molecular complexity index is 554. The molecule has 0 aliphatic heterocycles. The average Bonchev–Trinajstić information content (AvgIpc) is 2.23. The van der Waals surface area contributed by atoms with Crippen LogP contribution in [0, 0.1) is 12.7 Å². The number of benzene rings is 1. The van der Waals surface area contributed by atoms with E-state index >= 15 is 0 Å². The zero-order valence-electron chi connectivity index (χ0n) is 9.25. The molecule has 2 aromatic rings. The second-order valence-corrected chi connectivity index (χ2v) is 4.12. The monoisotopic (exact) mass is 239 g/mol. The van der Waals surface area contributed by atoms with E-state index in [1.165, 1.54) is 6.07 Å². The molecule has 0 bridgehead atoms. The summed E-state index contributed by atoms with van der Waals surface area (Å²) in [5.74, 6) is 0.407. The van der Waals surface area contributed by atoms with E-state index in [4.69, 9.17) is 11.6 Å². The molecule has 1 heterocycles. The van der Waals surface area contributed by atoms with E-state index in [0.717, 1.165) is 5.39 Å². The molecular formula is C11H11ClFN3.